The van der Waals surface area contributed by atoms with Crippen LogP contribution >= 0.6 is 11.6 Å². The molecule has 0 aromatic heterocycles. The van der Waals surface area contributed by atoms with Crippen molar-refractivity contribution in [3.63, 3.8) is 0 Å². The fourth-order valence-electron chi connectivity index (χ4n) is 1.17. The summed E-state index contributed by atoms with van der Waals surface area (Å²) in [6.07, 6.45) is -4.44. The quantitative estimate of drug-likeness (QED) is 0.819. The summed E-state index contributed by atoms with van der Waals surface area (Å²) in [7, 11) is 0. The Morgan fingerprint density at radius 1 is 1.29 bits per heavy atom. The van der Waals surface area contributed by atoms with Gasteiger partial charge in [-0.3, -0.25) is 0 Å². The zero-order valence-corrected chi connectivity index (χ0v) is 7.86. The van der Waals surface area contributed by atoms with Crippen LogP contribution < -0.4 is 0 Å². The van der Waals surface area contributed by atoms with Gasteiger partial charge < -0.3 is 5.11 Å². The Labute approximate surface area is 84.1 Å². The highest BCUT2D eigenvalue weighted by atomic mass is 35.5. The molecule has 5 heteroatoms. The number of rotatable bonds is 2. The van der Waals surface area contributed by atoms with E-state index in [1.165, 1.54) is 12.1 Å². The van der Waals surface area contributed by atoms with E-state index < -0.39 is 11.7 Å². The normalized spacial score (nSPS) is 11.8. The molecule has 0 fully saturated rings. The molecule has 1 aromatic carbocycles. The van der Waals surface area contributed by atoms with Gasteiger partial charge in [-0.05, 0) is 30.2 Å². The van der Waals surface area contributed by atoms with E-state index in [9.17, 15) is 13.2 Å². The number of benzene rings is 1. The number of hydrogen-bond acceptors (Lipinski definition) is 1. The van der Waals surface area contributed by atoms with Crippen molar-refractivity contribution in [2.45, 2.75) is 12.6 Å². The first-order valence-electron chi connectivity index (χ1n) is 3.91. The molecule has 78 valence electrons. The Morgan fingerprint density at radius 3 is 2.43 bits per heavy atom. The monoisotopic (exact) mass is 224 g/mol. The third-order valence-corrected chi connectivity index (χ3v) is 1.99. The Kier molecular flexibility index (Phi) is 3.39. The van der Waals surface area contributed by atoms with Crippen molar-refractivity contribution in [2.24, 2.45) is 0 Å². The van der Waals surface area contributed by atoms with Gasteiger partial charge in [0, 0.05) is 11.6 Å². The van der Waals surface area contributed by atoms with Crippen molar-refractivity contribution in [3.8, 4) is 0 Å². The van der Waals surface area contributed by atoms with Gasteiger partial charge >= 0.3 is 6.18 Å². The Bertz CT molecular complexity index is 322. The lowest BCUT2D eigenvalue weighted by molar-refractivity contribution is -0.138. The summed E-state index contributed by atoms with van der Waals surface area (Å²) in [6, 6.07) is 3.33. The highest BCUT2D eigenvalue weighted by Crippen LogP contribution is 2.33. The first kappa shape index (κ1) is 11.3. The standard InChI is InChI=1S/C9H8ClF3O/c10-7-1-2-8(9(11,12)13)6(5-7)3-4-14/h1-2,5,14H,3-4H2. The van der Waals surface area contributed by atoms with E-state index in [-0.39, 0.29) is 23.6 Å². The van der Waals surface area contributed by atoms with Crippen molar-refractivity contribution >= 4 is 11.6 Å². The van der Waals surface area contributed by atoms with Gasteiger partial charge in [0.05, 0.1) is 5.56 Å². The van der Waals surface area contributed by atoms with Crippen LogP contribution in [-0.2, 0) is 12.6 Å². The highest BCUT2D eigenvalue weighted by Gasteiger charge is 2.32. The first-order valence-corrected chi connectivity index (χ1v) is 4.29. The molecule has 0 radical (unpaired) electrons. The Morgan fingerprint density at radius 2 is 1.93 bits per heavy atom. The average Bonchev–Trinajstić information content (AvgIpc) is 2.02. The molecule has 0 aliphatic rings. The predicted octanol–water partition coefficient (Wildman–Crippen LogP) is 2.89. The third kappa shape index (κ3) is 2.62. The van der Waals surface area contributed by atoms with Crippen molar-refractivity contribution in [3.05, 3.63) is 34.3 Å². The summed E-state index contributed by atoms with van der Waals surface area (Å²) in [5, 5.41) is 8.83. The van der Waals surface area contributed by atoms with E-state index in [4.69, 9.17) is 16.7 Å². The second-order valence-corrected chi connectivity index (χ2v) is 3.21. The molecule has 1 aromatic rings. The molecule has 1 N–H and O–H groups in total. The molecule has 0 unspecified atom stereocenters. The van der Waals surface area contributed by atoms with Gasteiger partial charge in [0.1, 0.15) is 0 Å². The maximum atomic E-state index is 12.4. The molecular formula is C9H8ClF3O. The Hall–Kier alpha value is -0.740. The van der Waals surface area contributed by atoms with E-state index in [1.807, 2.05) is 0 Å². The SMILES string of the molecule is OCCc1cc(Cl)ccc1C(F)(F)F. The smallest absolute Gasteiger partial charge is 0.396 e. The summed E-state index contributed by atoms with van der Waals surface area (Å²) in [6.45, 7) is -0.330. The largest absolute Gasteiger partial charge is 0.416 e. The minimum Gasteiger partial charge on any atom is -0.396 e. The fraction of sp³-hybridized carbons (Fsp3) is 0.333. The molecule has 0 saturated heterocycles. The molecule has 0 spiro atoms. The van der Waals surface area contributed by atoms with Crippen molar-refractivity contribution < 1.29 is 18.3 Å². The van der Waals surface area contributed by atoms with Gasteiger partial charge in [0.25, 0.3) is 0 Å². The van der Waals surface area contributed by atoms with Crippen LogP contribution in [0.3, 0.4) is 0 Å². The molecule has 0 atom stereocenters. The van der Waals surface area contributed by atoms with E-state index >= 15 is 0 Å². The Balaban J connectivity index is 3.15. The molecule has 0 aliphatic heterocycles. The molecular weight excluding hydrogens is 217 g/mol. The van der Waals surface area contributed by atoms with Gasteiger partial charge in [-0.15, -0.1) is 0 Å². The second-order valence-electron chi connectivity index (χ2n) is 2.77. The van der Waals surface area contributed by atoms with Gasteiger partial charge in [-0.2, -0.15) is 13.2 Å². The van der Waals surface area contributed by atoms with Gasteiger partial charge in [-0.1, -0.05) is 11.6 Å². The van der Waals surface area contributed by atoms with E-state index in [1.54, 1.807) is 0 Å². The summed E-state index contributed by atoms with van der Waals surface area (Å²) in [4.78, 5) is 0. The summed E-state index contributed by atoms with van der Waals surface area (Å²) < 4.78 is 37.1. The van der Waals surface area contributed by atoms with Gasteiger partial charge in [-0.25, -0.2) is 0 Å². The zero-order chi connectivity index (χ0) is 10.8. The average molecular weight is 225 g/mol. The lowest BCUT2D eigenvalue weighted by Gasteiger charge is -2.11. The number of aliphatic hydroxyl groups is 1. The van der Waals surface area contributed by atoms with Crippen LogP contribution in [0.25, 0.3) is 0 Å². The van der Waals surface area contributed by atoms with Crippen LogP contribution in [0, 0.1) is 0 Å². The van der Waals surface area contributed by atoms with Crippen LogP contribution in [0.2, 0.25) is 5.02 Å². The zero-order valence-electron chi connectivity index (χ0n) is 7.11. The molecule has 0 saturated carbocycles. The minimum atomic E-state index is -4.39. The predicted molar refractivity (Wildman–Crippen MR) is 47.2 cm³/mol. The second kappa shape index (κ2) is 4.19. The first-order chi connectivity index (χ1) is 6.45. The topological polar surface area (TPSA) is 20.2 Å². The van der Waals surface area contributed by atoms with E-state index in [2.05, 4.69) is 0 Å². The van der Waals surface area contributed by atoms with Crippen molar-refractivity contribution in [1.29, 1.82) is 0 Å². The third-order valence-electron chi connectivity index (χ3n) is 1.75. The number of halogens is 4. The maximum absolute atomic E-state index is 12.4. The van der Waals surface area contributed by atoms with Crippen LogP contribution in [0.15, 0.2) is 18.2 Å². The van der Waals surface area contributed by atoms with Gasteiger partial charge in [0.2, 0.25) is 0 Å². The lowest BCUT2D eigenvalue weighted by atomic mass is 10.0. The van der Waals surface area contributed by atoms with E-state index in [0.29, 0.717) is 0 Å². The molecule has 14 heavy (non-hydrogen) atoms. The number of alkyl halides is 3. The maximum Gasteiger partial charge on any atom is 0.416 e. The summed E-state index contributed by atoms with van der Waals surface area (Å²) in [5.74, 6) is 0. The van der Waals surface area contributed by atoms with Crippen LogP contribution in [0.4, 0.5) is 13.2 Å². The molecule has 1 nitrogen and oxygen atoms in total. The minimum absolute atomic E-state index is 0.0208. The van der Waals surface area contributed by atoms with E-state index in [0.717, 1.165) is 6.07 Å². The van der Waals surface area contributed by atoms with Crippen LogP contribution in [0.5, 0.6) is 0 Å². The molecule has 0 aliphatic carbocycles. The molecule has 0 bridgehead atoms. The highest BCUT2D eigenvalue weighted by molar-refractivity contribution is 6.30. The fourth-order valence-corrected chi connectivity index (χ4v) is 1.36. The van der Waals surface area contributed by atoms with Crippen LogP contribution in [-0.4, -0.2) is 11.7 Å². The summed E-state index contributed by atoms with van der Waals surface area (Å²) in [5.41, 5.74) is -0.719. The lowest BCUT2D eigenvalue weighted by Crippen LogP contribution is -2.10. The van der Waals surface area contributed by atoms with Crippen molar-refractivity contribution in [2.75, 3.05) is 6.61 Å². The van der Waals surface area contributed by atoms with Crippen molar-refractivity contribution in [1.82, 2.24) is 0 Å². The molecule has 1 rings (SSSR count). The van der Waals surface area contributed by atoms with Gasteiger partial charge in [0.15, 0.2) is 0 Å². The number of aliphatic hydroxyl groups excluding tert-OH is 1. The summed E-state index contributed by atoms with van der Waals surface area (Å²) >= 11 is 5.55. The molecule has 0 amide bonds. The molecule has 0 heterocycles. The van der Waals surface area contributed by atoms with Crippen LogP contribution in [0.1, 0.15) is 11.1 Å². The number of hydrogen-bond donors (Lipinski definition) is 1.